The molecule has 0 aliphatic carbocycles. The fourth-order valence-electron chi connectivity index (χ4n) is 2.59. The zero-order chi connectivity index (χ0) is 9.31. The maximum Gasteiger partial charge on any atom is 0.0998 e. The minimum atomic E-state index is -0.125. The van der Waals surface area contributed by atoms with E-state index >= 15 is 0 Å². The SMILES string of the molecule is O=NC[C@]12CCCN1C/C(=C\F)C2. The zero-order valence-electron chi connectivity index (χ0n) is 7.50. The molecule has 1 atom stereocenters. The summed E-state index contributed by atoms with van der Waals surface area (Å²) in [6, 6.07) is 0. The van der Waals surface area contributed by atoms with E-state index in [1.807, 2.05) is 0 Å². The molecule has 0 spiro atoms. The molecule has 0 aromatic heterocycles. The second-order valence-corrected chi connectivity index (χ2v) is 3.98. The van der Waals surface area contributed by atoms with Gasteiger partial charge in [-0.1, -0.05) is 5.18 Å². The Balaban J connectivity index is 2.19. The molecule has 13 heavy (non-hydrogen) atoms. The highest BCUT2D eigenvalue weighted by Crippen LogP contribution is 2.41. The van der Waals surface area contributed by atoms with Gasteiger partial charge in [-0.2, -0.15) is 4.91 Å². The van der Waals surface area contributed by atoms with Crippen LogP contribution < -0.4 is 0 Å². The van der Waals surface area contributed by atoms with Crippen molar-refractivity contribution in [3.63, 3.8) is 0 Å². The molecule has 2 aliphatic rings. The molecule has 72 valence electrons. The summed E-state index contributed by atoms with van der Waals surface area (Å²) in [6.07, 6.45) is 3.46. The second kappa shape index (κ2) is 3.18. The Labute approximate surface area is 76.6 Å². The largest absolute Gasteiger partial charge is 0.291 e. The van der Waals surface area contributed by atoms with Crippen LogP contribution in [0.1, 0.15) is 19.3 Å². The molecule has 0 amide bonds. The van der Waals surface area contributed by atoms with Crippen molar-refractivity contribution in [3.8, 4) is 0 Å². The molecular formula is C9H13FN2O. The van der Waals surface area contributed by atoms with Crippen LogP contribution in [0.15, 0.2) is 17.1 Å². The van der Waals surface area contributed by atoms with E-state index in [-0.39, 0.29) is 5.54 Å². The van der Waals surface area contributed by atoms with Crippen LogP contribution in [0.25, 0.3) is 0 Å². The lowest BCUT2D eigenvalue weighted by Crippen LogP contribution is -2.40. The van der Waals surface area contributed by atoms with Crippen molar-refractivity contribution in [2.24, 2.45) is 5.18 Å². The lowest BCUT2D eigenvalue weighted by Gasteiger charge is -2.28. The van der Waals surface area contributed by atoms with Gasteiger partial charge in [0.25, 0.3) is 0 Å². The third kappa shape index (κ3) is 1.29. The molecule has 2 rings (SSSR count). The highest BCUT2D eigenvalue weighted by atomic mass is 19.1. The molecule has 2 aliphatic heterocycles. The molecule has 2 heterocycles. The molecule has 0 radical (unpaired) electrons. The van der Waals surface area contributed by atoms with E-state index in [0.29, 0.717) is 25.8 Å². The Kier molecular flexibility index (Phi) is 2.15. The highest BCUT2D eigenvalue weighted by molar-refractivity contribution is 5.19. The van der Waals surface area contributed by atoms with Gasteiger partial charge in [-0.25, -0.2) is 4.39 Å². The first-order valence-electron chi connectivity index (χ1n) is 4.63. The van der Waals surface area contributed by atoms with E-state index in [9.17, 15) is 9.30 Å². The van der Waals surface area contributed by atoms with Crippen LogP contribution in [0.4, 0.5) is 4.39 Å². The minimum absolute atomic E-state index is 0.125. The molecule has 3 nitrogen and oxygen atoms in total. The van der Waals surface area contributed by atoms with E-state index in [0.717, 1.165) is 25.0 Å². The third-order valence-corrected chi connectivity index (χ3v) is 3.20. The molecule has 0 aromatic carbocycles. The number of fused-ring (bicyclic) bond motifs is 1. The summed E-state index contributed by atoms with van der Waals surface area (Å²) in [5.74, 6) is 0. The topological polar surface area (TPSA) is 32.7 Å². The summed E-state index contributed by atoms with van der Waals surface area (Å²) >= 11 is 0. The fourth-order valence-corrected chi connectivity index (χ4v) is 2.59. The molecular weight excluding hydrogens is 171 g/mol. The predicted octanol–water partition coefficient (Wildman–Crippen LogP) is 1.84. The molecule has 2 fully saturated rings. The molecule has 4 heteroatoms. The first-order chi connectivity index (χ1) is 6.30. The van der Waals surface area contributed by atoms with E-state index in [1.54, 1.807) is 0 Å². The Hall–Kier alpha value is -0.770. The lowest BCUT2D eigenvalue weighted by atomic mass is 9.93. The van der Waals surface area contributed by atoms with Crippen LogP contribution in [0.3, 0.4) is 0 Å². The van der Waals surface area contributed by atoms with Gasteiger partial charge in [0, 0.05) is 12.1 Å². The van der Waals surface area contributed by atoms with Gasteiger partial charge >= 0.3 is 0 Å². The van der Waals surface area contributed by atoms with Gasteiger partial charge in [0.1, 0.15) is 0 Å². The standard InChI is InChI=1S/C9H13FN2O/c10-5-8-4-9(7-11-13)2-1-3-12(9)6-8/h5H,1-4,6-7H2/b8-5-/t9-/m1/s1. The van der Waals surface area contributed by atoms with Crippen molar-refractivity contribution < 1.29 is 4.39 Å². The molecule has 0 N–H and O–H groups in total. The van der Waals surface area contributed by atoms with Crippen LogP contribution in [0.2, 0.25) is 0 Å². The smallest absolute Gasteiger partial charge is 0.0998 e. The fraction of sp³-hybridized carbons (Fsp3) is 0.778. The van der Waals surface area contributed by atoms with Crippen LogP contribution in [-0.4, -0.2) is 30.1 Å². The molecule has 2 saturated heterocycles. The van der Waals surface area contributed by atoms with Gasteiger partial charge in [0.05, 0.1) is 12.9 Å². The van der Waals surface area contributed by atoms with Gasteiger partial charge in [-0.3, -0.25) is 4.90 Å². The summed E-state index contributed by atoms with van der Waals surface area (Å²) in [7, 11) is 0. The van der Waals surface area contributed by atoms with Crippen molar-refractivity contribution in [2.45, 2.75) is 24.8 Å². The number of halogens is 1. The maximum atomic E-state index is 12.3. The number of nitroso groups, excluding NO2 is 1. The maximum absolute atomic E-state index is 12.3. The summed E-state index contributed by atoms with van der Waals surface area (Å²) < 4.78 is 12.3. The van der Waals surface area contributed by atoms with Gasteiger partial charge in [-0.15, -0.1) is 0 Å². The highest BCUT2D eigenvalue weighted by Gasteiger charge is 2.46. The summed E-state index contributed by atoms with van der Waals surface area (Å²) in [4.78, 5) is 12.5. The Bertz CT molecular complexity index is 254. The lowest BCUT2D eigenvalue weighted by molar-refractivity contribution is 0.204. The van der Waals surface area contributed by atoms with E-state index < -0.39 is 0 Å². The Morgan fingerprint density at radius 3 is 3.23 bits per heavy atom. The normalized spacial score (nSPS) is 36.8. The van der Waals surface area contributed by atoms with Crippen molar-refractivity contribution in [3.05, 3.63) is 16.8 Å². The van der Waals surface area contributed by atoms with Crippen LogP contribution in [0, 0.1) is 4.91 Å². The zero-order valence-corrected chi connectivity index (χ0v) is 7.50. The average molecular weight is 184 g/mol. The molecule has 0 aromatic rings. The number of rotatable bonds is 2. The number of hydrogen-bond acceptors (Lipinski definition) is 3. The van der Waals surface area contributed by atoms with Crippen molar-refractivity contribution in [2.75, 3.05) is 19.6 Å². The second-order valence-electron chi connectivity index (χ2n) is 3.98. The van der Waals surface area contributed by atoms with E-state index in [4.69, 9.17) is 0 Å². The summed E-state index contributed by atoms with van der Waals surface area (Å²) in [5.41, 5.74) is 0.683. The van der Waals surface area contributed by atoms with Gasteiger partial charge in [-0.05, 0) is 31.4 Å². The number of nitrogens with zero attached hydrogens (tertiary/aromatic N) is 2. The van der Waals surface area contributed by atoms with Gasteiger partial charge < -0.3 is 0 Å². The summed E-state index contributed by atoms with van der Waals surface area (Å²) in [5, 5.41) is 2.98. The Morgan fingerprint density at radius 1 is 1.69 bits per heavy atom. The van der Waals surface area contributed by atoms with E-state index in [1.165, 1.54) is 0 Å². The van der Waals surface area contributed by atoms with Crippen LogP contribution in [0.5, 0.6) is 0 Å². The molecule has 0 bridgehead atoms. The van der Waals surface area contributed by atoms with Crippen molar-refractivity contribution in [1.82, 2.24) is 4.90 Å². The Morgan fingerprint density at radius 2 is 2.54 bits per heavy atom. The van der Waals surface area contributed by atoms with E-state index in [2.05, 4.69) is 10.1 Å². The minimum Gasteiger partial charge on any atom is -0.291 e. The van der Waals surface area contributed by atoms with Gasteiger partial charge in [0.2, 0.25) is 0 Å². The van der Waals surface area contributed by atoms with Crippen molar-refractivity contribution in [1.29, 1.82) is 0 Å². The van der Waals surface area contributed by atoms with Crippen molar-refractivity contribution >= 4 is 0 Å². The monoisotopic (exact) mass is 184 g/mol. The van der Waals surface area contributed by atoms with Crippen LogP contribution in [-0.2, 0) is 0 Å². The quantitative estimate of drug-likeness (QED) is 0.613. The molecule has 0 unspecified atom stereocenters. The number of hydrogen-bond donors (Lipinski definition) is 0. The van der Waals surface area contributed by atoms with Crippen LogP contribution >= 0.6 is 0 Å². The first-order valence-corrected chi connectivity index (χ1v) is 4.63. The average Bonchev–Trinajstić information content (AvgIpc) is 2.60. The third-order valence-electron chi connectivity index (χ3n) is 3.20. The summed E-state index contributed by atoms with van der Waals surface area (Å²) in [6.45, 7) is 1.98. The first kappa shape index (κ1) is 8.81. The molecule has 0 saturated carbocycles. The van der Waals surface area contributed by atoms with Gasteiger partial charge in [0.15, 0.2) is 0 Å². The predicted molar refractivity (Wildman–Crippen MR) is 48.0 cm³/mol.